The Morgan fingerprint density at radius 3 is 2.65 bits per heavy atom. The van der Waals surface area contributed by atoms with E-state index in [1.807, 2.05) is 12.1 Å². The summed E-state index contributed by atoms with van der Waals surface area (Å²) < 4.78 is 0. The Morgan fingerprint density at radius 1 is 1.35 bits per heavy atom. The van der Waals surface area contributed by atoms with Gasteiger partial charge in [0, 0.05) is 18.1 Å². The van der Waals surface area contributed by atoms with Crippen LogP contribution in [-0.2, 0) is 0 Å². The van der Waals surface area contributed by atoms with Gasteiger partial charge in [0.25, 0.3) is 0 Å². The van der Waals surface area contributed by atoms with Crippen molar-refractivity contribution in [3.63, 3.8) is 0 Å². The molecule has 0 fully saturated rings. The molecule has 1 N–H and O–H groups in total. The van der Waals surface area contributed by atoms with Gasteiger partial charge >= 0.3 is 0 Å². The molecule has 2 aromatic rings. The SMILES string of the molecule is CC(C)(C)CNc1c(C#N)cnc2c(Cl)cccc12.Cl. The van der Waals surface area contributed by atoms with Crippen LogP contribution in [0.1, 0.15) is 26.3 Å². The molecule has 2 rings (SSSR count). The van der Waals surface area contributed by atoms with Gasteiger partial charge in [-0.15, -0.1) is 12.4 Å². The molecule has 0 atom stereocenters. The Balaban J connectivity index is 0.00000200. The monoisotopic (exact) mass is 309 g/mol. The Morgan fingerprint density at radius 2 is 2.05 bits per heavy atom. The smallest absolute Gasteiger partial charge is 0.103 e. The number of halogens is 2. The van der Waals surface area contributed by atoms with Crippen LogP contribution in [0.2, 0.25) is 5.02 Å². The predicted octanol–water partition coefficient (Wildman–Crippen LogP) is 4.64. The van der Waals surface area contributed by atoms with E-state index in [0.29, 0.717) is 10.6 Å². The number of benzene rings is 1. The molecule has 0 spiro atoms. The summed E-state index contributed by atoms with van der Waals surface area (Å²) in [4.78, 5) is 4.26. The van der Waals surface area contributed by atoms with Crippen molar-refractivity contribution < 1.29 is 0 Å². The van der Waals surface area contributed by atoms with Crippen LogP contribution in [0.4, 0.5) is 5.69 Å². The second-order valence-electron chi connectivity index (χ2n) is 5.71. The number of nitriles is 1. The van der Waals surface area contributed by atoms with Gasteiger partial charge in [-0.1, -0.05) is 44.5 Å². The summed E-state index contributed by atoms with van der Waals surface area (Å²) in [5, 5.41) is 14.0. The molecular formula is C15H17Cl2N3. The van der Waals surface area contributed by atoms with E-state index in [9.17, 15) is 5.26 Å². The second kappa shape index (κ2) is 6.30. The van der Waals surface area contributed by atoms with Crippen LogP contribution in [0.25, 0.3) is 10.9 Å². The average molecular weight is 310 g/mol. The Kier molecular flexibility index (Phi) is 5.21. The Hall–Kier alpha value is -1.50. The molecule has 20 heavy (non-hydrogen) atoms. The van der Waals surface area contributed by atoms with Crippen LogP contribution in [0.5, 0.6) is 0 Å². The lowest BCUT2D eigenvalue weighted by Crippen LogP contribution is -2.19. The minimum Gasteiger partial charge on any atom is -0.383 e. The molecule has 0 saturated heterocycles. The standard InChI is InChI=1S/C15H16ClN3.ClH/c1-15(2,3)9-19-13-10(7-17)8-18-14-11(13)5-4-6-12(14)16;/h4-6,8H,9H2,1-3H3,(H,18,19);1H. The lowest BCUT2D eigenvalue weighted by molar-refractivity contribution is 0.443. The van der Waals surface area contributed by atoms with Crippen LogP contribution in [0, 0.1) is 16.7 Å². The number of nitrogens with zero attached hydrogens (tertiary/aromatic N) is 2. The lowest BCUT2D eigenvalue weighted by Gasteiger charge is -2.21. The first kappa shape index (κ1) is 16.6. The van der Waals surface area contributed by atoms with Gasteiger partial charge in [0.2, 0.25) is 0 Å². The van der Waals surface area contributed by atoms with Crippen molar-refractivity contribution in [3.05, 3.63) is 35.0 Å². The highest BCUT2D eigenvalue weighted by atomic mass is 35.5. The summed E-state index contributed by atoms with van der Waals surface area (Å²) in [5.74, 6) is 0. The highest BCUT2D eigenvalue weighted by molar-refractivity contribution is 6.35. The Bertz CT molecular complexity index is 654. The van der Waals surface area contributed by atoms with E-state index in [0.717, 1.165) is 23.1 Å². The van der Waals surface area contributed by atoms with E-state index < -0.39 is 0 Å². The summed E-state index contributed by atoms with van der Waals surface area (Å²) >= 11 is 6.14. The molecule has 0 unspecified atom stereocenters. The molecule has 0 aliphatic carbocycles. The average Bonchev–Trinajstić information content (AvgIpc) is 2.35. The summed E-state index contributed by atoms with van der Waals surface area (Å²) in [5.41, 5.74) is 2.20. The molecule has 0 bridgehead atoms. The molecule has 0 saturated carbocycles. The third-order valence-corrected chi connectivity index (χ3v) is 3.07. The van der Waals surface area contributed by atoms with Gasteiger partial charge in [-0.05, 0) is 11.5 Å². The zero-order chi connectivity index (χ0) is 14.0. The van der Waals surface area contributed by atoms with Crippen LogP contribution < -0.4 is 5.32 Å². The Labute approximate surface area is 130 Å². The first-order valence-corrected chi connectivity index (χ1v) is 6.51. The number of rotatable bonds is 2. The number of anilines is 1. The zero-order valence-electron chi connectivity index (χ0n) is 11.7. The minimum absolute atomic E-state index is 0. The topological polar surface area (TPSA) is 48.7 Å². The van der Waals surface area contributed by atoms with E-state index in [1.54, 1.807) is 12.3 Å². The molecule has 3 nitrogen and oxygen atoms in total. The molecule has 5 heteroatoms. The molecule has 0 amide bonds. The van der Waals surface area contributed by atoms with Crippen molar-refractivity contribution in [1.82, 2.24) is 4.98 Å². The number of nitrogens with one attached hydrogen (secondary N) is 1. The first-order valence-electron chi connectivity index (χ1n) is 6.13. The number of pyridine rings is 1. The van der Waals surface area contributed by atoms with Crippen LogP contribution >= 0.6 is 24.0 Å². The fourth-order valence-corrected chi connectivity index (χ4v) is 2.04. The largest absolute Gasteiger partial charge is 0.383 e. The number of hydrogen-bond acceptors (Lipinski definition) is 3. The van der Waals surface area contributed by atoms with Crippen molar-refractivity contribution in [2.45, 2.75) is 20.8 Å². The van der Waals surface area contributed by atoms with E-state index in [1.165, 1.54) is 0 Å². The maximum absolute atomic E-state index is 9.21. The molecule has 0 aliphatic rings. The first-order chi connectivity index (χ1) is 8.92. The van der Waals surface area contributed by atoms with E-state index in [2.05, 4.69) is 37.1 Å². The van der Waals surface area contributed by atoms with Crippen LogP contribution in [-0.4, -0.2) is 11.5 Å². The molecular weight excluding hydrogens is 293 g/mol. The normalized spacial score (nSPS) is 10.8. The van der Waals surface area contributed by atoms with E-state index >= 15 is 0 Å². The van der Waals surface area contributed by atoms with Crippen molar-refractivity contribution in [2.24, 2.45) is 5.41 Å². The molecule has 0 radical (unpaired) electrons. The minimum atomic E-state index is 0. The quantitative estimate of drug-likeness (QED) is 0.879. The summed E-state index contributed by atoms with van der Waals surface area (Å²) in [6.45, 7) is 7.19. The summed E-state index contributed by atoms with van der Waals surface area (Å²) in [6.07, 6.45) is 1.57. The molecule has 106 valence electrons. The third kappa shape index (κ3) is 3.53. The highest BCUT2D eigenvalue weighted by Gasteiger charge is 2.14. The van der Waals surface area contributed by atoms with Crippen LogP contribution in [0.3, 0.4) is 0 Å². The van der Waals surface area contributed by atoms with Gasteiger partial charge in [-0.25, -0.2) is 0 Å². The fraction of sp³-hybridized carbons (Fsp3) is 0.333. The second-order valence-corrected chi connectivity index (χ2v) is 6.12. The van der Waals surface area contributed by atoms with Crippen molar-refractivity contribution in [3.8, 4) is 6.07 Å². The molecule has 0 aliphatic heterocycles. The predicted molar refractivity (Wildman–Crippen MR) is 86.7 cm³/mol. The van der Waals surface area contributed by atoms with Gasteiger partial charge in [-0.2, -0.15) is 5.26 Å². The van der Waals surface area contributed by atoms with Gasteiger partial charge in [0.15, 0.2) is 0 Å². The van der Waals surface area contributed by atoms with E-state index in [-0.39, 0.29) is 17.8 Å². The number of para-hydroxylation sites is 1. The number of fused-ring (bicyclic) bond motifs is 1. The van der Waals surface area contributed by atoms with Gasteiger partial charge < -0.3 is 5.32 Å². The van der Waals surface area contributed by atoms with Gasteiger partial charge in [-0.3, -0.25) is 4.98 Å². The summed E-state index contributed by atoms with van der Waals surface area (Å²) in [7, 11) is 0. The van der Waals surface area contributed by atoms with Crippen LogP contribution in [0.15, 0.2) is 24.4 Å². The summed E-state index contributed by atoms with van der Waals surface area (Å²) in [6, 6.07) is 7.78. The lowest BCUT2D eigenvalue weighted by atomic mass is 9.96. The highest BCUT2D eigenvalue weighted by Crippen LogP contribution is 2.30. The van der Waals surface area contributed by atoms with Gasteiger partial charge in [0.1, 0.15) is 6.07 Å². The third-order valence-electron chi connectivity index (χ3n) is 2.76. The van der Waals surface area contributed by atoms with Crippen molar-refractivity contribution in [2.75, 3.05) is 11.9 Å². The number of aromatic nitrogens is 1. The molecule has 1 aromatic carbocycles. The van der Waals surface area contributed by atoms with Gasteiger partial charge in [0.05, 0.1) is 21.8 Å². The molecule has 1 aromatic heterocycles. The molecule has 1 heterocycles. The van der Waals surface area contributed by atoms with E-state index in [4.69, 9.17) is 11.6 Å². The maximum Gasteiger partial charge on any atom is 0.103 e. The van der Waals surface area contributed by atoms with Crippen molar-refractivity contribution >= 4 is 40.6 Å². The fourth-order valence-electron chi connectivity index (χ4n) is 1.82. The maximum atomic E-state index is 9.21. The zero-order valence-corrected chi connectivity index (χ0v) is 13.3. The number of hydrogen-bond donors (Lipinski definition) is 1. The van der Waals surface area contributed by atoms with Crippen molar-refractivity contribution in [1.29, 1.82) is 5.26 Å².